The lowest BCUT2D eigenvalue weighted by Crippen LogP contribution is -2.46. The van der Waals surface area contributed by atoms with Crippen LogP contribution in [0.25, 0.3) is 11.0 Å². The van der Waals surface area contributed by atoms with Gasteiger partial charge in [-0.15, -0.1) is 10.2 Å². The number of hydrogen-bond donors (Lipinski definition) is 1. The predicted octanol–water partition coefficient (Wildman–Crippen LogP) is 3.64. The number of fused-ring (bicyclic) bond motifs is 1. The number of benzene rings is 1. The van der Waals surface area contributed by atoms with Gasteiger partial charge in [0.15, 0.2) is 10.1 Å². The summed E-state index contributed by atoms with van der Waals surface area (Å²) in [5.41, 5.74) is 1.66. The van der Waals surface area contributed by atoms with Crippen molar-refractivity contribution in [1.29, 1.82) is 0 Å². The predicted molar refractivity (Wildman–Crippen MR) is 126 cm³/mol. The van der Waals surface area contributed by atoms with Crippen LogP contribution in [0.5, 0.6) is 0 Å². The second-order valence-corrected chi connectivity index (χ2v) is 10.1. The molecular formula is C22H29N5O2S2. The van der Waals surface area contributed by atoms with Crippen LogP contribution in [0.2, 0.25) is 0 Å². The Labute approximate surface area is 191 Å². The minimum absolute atomic E-state index is 0.143. The lowest BCUT2D eigenvalue weighted by molar-refractivity contribution is 0.0922. The number of rotatable bonds is 9. The van der Waals surface area contributed by atoms with E-state index in [0.717, 1.165) is 71.6 Å². The third-order valence-corrected chi connectivity index (χ3v) is 7.60. The fourth-order valence-electron chi connectivity index (χ4n) is 3.81. The summed E-state index contributed by atoms with van der Waals surface area (Å²) >= 11 is 3.15. The van der Waals surface area contributed by atoms with E-state index in [9.17, 15) is 4.79 Å². The van der Waals surface area contributed by atoms with Gasteiger partial charge in [0.1, 0.15) is 10.6 Å². The number of hydrogen-bond acceptors (Lipinski definition) is 8. The van der Waals surface area contributed by atoms with Gasteiger partial charge in [0.2, 0.25) is 0 Å². The Kier molecular flexibility index (Phi) is 7.60. The molecule has 0 radical (unpaired) electrons. The maximum atomic E-state index is 12.9. The Bertz CT molecular complexity index is 1010. The summed E-state index contributed by atoms with van der Waals surface area (Å²) in [7, 11) is 0. The summed E-state index contributed by atoms with van der Waals surface area (Å²) < 4.78 is 6.85. The van der Waals surface area contributed by atoms with Crippen LogP contribution in [0.3, 0.4) is 0 Å². The molecule has 0 spiro atoms. The van der Waals surface area contributed by atoms with Crippen molar-refractivity contribution >= 4 is 40.0 Å². The van der Waals surface area contributed by atoms with Crippen LogP contribution in [0, 0.1) is 6.92 Å². The normalized spacial score (nSPS) is 15.5. The Morgan fingerprint density at radius 3 is 2.71 bits per heavy atom. The molecule has 1 fully saturated rings. The van der Waals surface area contributed by atoms with E-state index in [1.165, 1.54) is 0 Å². The van der Waals surface area contributed by atoms with Crippen molar-refractivity contribution in [2.24, 2.45) is 0 Å². The molecule has 2 aromatic heterocycles. The van der Waals surface area contributed by atoms with Crippen molar-refractivity contribution in [2.45, 2.75) is 30.4 Å². The maximum absolute atomic E-state index is 12.9. The van der Waals surface area contributed by atoms with E-state index in [2.05, 4.69) is 32.2 Å². The first kappa shape index (κ1) is 22.3. The molecule has 0 atom stereocenters. The molecule has 4 rings (SSSR count). The van der Waals surface area contributed by atoms with Gasteiger partial charge in [-0.2, -0.15) is 0 Å². The average molecular weight is 460 g/mol. The molecule has 1 amide bonds. The van der Waals surface area contributed by atoms with Crippen molar-refractivity contribution in [1.82, 2.24) is 25.3 Å². The number of carbonyl (C=O) groups excluding carboxylic acids is 1. The van der Waals surface area contributed by atoms with Crippen LogP contribution in [-0.4, -0.2) is 71.7 Å². The van der Waals surface area contributed by atoms with Gasteiger partial charge in [-0.25, -0.2) is 0 Å². The molecular weight excluding hydrogens is 430 g/mol. The second-order valence-electron chi connectivity index (χ2n) is 7.67. The van der Waals surface area contributed by atoms with Gasteiger partial charge >= 0.3 is 0 Å². The molecule has 0 bridgehead atoms. The lowest BCUT2D eigenvalue weighted by atomic mass is 10.1. The standard InChI is InChI=1S/C22H29N5O2S2/c1-3-26-11-13-27(14-12-26)10-6-9-23-21(28)20-18(15-30-22-25-24-16(2)31-22)17-7-4-5-8-19(17)29-20/h4-5,7-8H,3,6,9-15H2,1-2H3,(H,23,28). The van der Waals surface area contributed by atoms with E-state index < -0.39 is 0 Å². The number of nitrogens with zero attached hydrogens (tertiary/aromatic N) is 4. The number of aromatic nitrogens is 2. The molecule has 166 valence electrons. The van der Waals surface area contributed by atoms with Crippen molar-refractivity contribution in [3.63, 3.8) is 0 Å². The van der Waals surface area contributed by atoms with E-state index in [4.69, 9.17) is 4.42 Å². The minimum atomic E-state index is -0.143. The van der Waals surface area contributed by atoms with Crippen LogP contribution in [-0.2, 0) is 5.75 Å². The van der Waals surface area contributed by atoms with Crippen LogP contribution in [0.1, 0.15) is 34.5 Å². The number of carbonyl (C=O) groups is 1. The molecule has 3 aromatic rings. The van der Waals surface area contributed by atoms with Gasteiger partial charge in [0.05, 0.1) is 0 Å². The molecule has 0 aliphatic carbocycles. The number of amides is 1. The SMILES string of the molecule is CCN1CCN(CCCNC(=O)c2oc3ccccc3c2CSc2nnc(C)s2)CC1. The van der Waals surface area contributed by atoms with E-state index in [1.54, 1.807) is 23.1 Å². The Morgan fingerprint density at radius 1 is 1.19 bits per heavy atom. The molecule has 1 saturated heterocycles. The summed E-state index contributed by atoms with van der Waals surface area (Å²) in [5.74, 6) is 0.887. The quantitative estimate of drug-likeness (QED) is 0.387. The highest BCUT2D eigenvalue weighted by Gasteiger charge is 2.21. The van der Waals surface area contributed by atoms with Crippen LogP contribution in [0.15, 0.2) is 33.0 Å². The topological polar surface area (TPSA) is 74.5 Å². The molecule has 1 aromatic carbocycles. The zero-order chi connectivity index (χ0) is 21.6. The van der Waals surface area contributed by atoms with E-state index in [1.807, 2.05) is 31.2 Å². The number of furan rings is 1. The van der Waals surface area contributed by atoms with Crippen LogP contribution < -0.4 is 5.32 Å². The molecule has 9 heteroatoms. The van der Waals surface area contributed by atoms with Gasteiger partial charge in [0.25, 0.3) is 5.91 Å². The largest absolute Gasteiger partial charge is 0.451 e. The first-order valence-corrected chi connectivity index (χ1v) is 12.6. The highest BCUT2D eigenvalue weighted by atomic mass is 32.2. The molecule has 0 saturated carbocycles. The van der Waals surface area contributed by atoms with Crippen molar-refractivity contribution in [3.05, 3.63) is 40.6 Å². The van der Waals surface area contributed by atoms with Crippen LogP contribution in [0.4, 0.5) is 0 Å². The third kappa shape index (κ3) is 5.65. The molecule has 1 aliphatic heterocycles. The van der Waals surface area contributed by atoms with E-state index in [-0.39, 0.29) is 5.91 Å². The molecule has 7 nitrogen and oxygen atoms in total. The monoisotopic (exact) mass is 459 g/mol. The Morgan fingerprint density at radius 2 is 1.97 bits per heavy atom. The first-order valence-electron chi connectivity index (χ1n) is 10.8. The highest BCUT2D eigenvalue weighted by molar-refractivity contribution is 8.00. The third-order valence-electron chi connectivity index (χ3n) is 5.60. The molecule has 1 N–H and O–H groups in total. The average Bonchev–Trinajstić information content (AvgIpc) is 3.38. The fraction of sp³-hybridized carbons (Fsp3) is 0.500. The first-order chi connectivity index (χ1) is 15.1. The Balaban J connectivity index is 1.34. The zero-order valence-electron chi connectivity index (χ0n) is 18.1. The van der Waals surface area contributed by atoms with Crippen molar-refractivity contribution < 1.29 is 9.21 Å². The van der Waals surface area contributed by atoms with Crippen molar-refractivity contribution in [2.75, 3.05) is 45.8 Å². The number of thioether (sulfide) groups is 1. The lowest BCUT2D eigenvalue weighted by Gasteiger charge is -2.33. The summed E-state index contributed by atoms with van der Waals surface area (Å²) in [5, 5.41) is 13.2. The number of para-hydroxylation sites is 1. The van der Waals surface area contributed by atoms with Gasteiger partial charge in [-0.1, -0.05) is 48.2 Å². The van der Waals surface area contributed by atoms with E-state index >= 15 is 0 Å². The molecule has 1 aliphatic rings. The van der Waals surface area contributed by atoms with Crippen molar-refractivity contribution in [3.8, 4) is 0 Å². The summed E-state index contributed by atoms with van der Waals surface area (Å²) in [6.45, 7) is 11.4. The zero-order valence-corrected chi connectivity index (χ0v) is 19.7. The molecule has 0 unspecified atom stereocenters. The summed E-state index contributed by atoms with van der Waals surface area (Å²) in [4.78, 5) is 17.9. The van der Waals surface area contributed by atoms with E-state index in [0.29, 0.717) is 18.1 Å². The summed E-state index contributed by atoms with van der Waals surface area (Å²) in [6.07, 6.45) is 0.937. The Hall–Kier alpha value is -1.94. The van der Waals surface area contributed by atoms with Crippen LogP contribution >= 0.6 is 23.1 Å². The number of likely N-dealkylation sites (N-methyl/N-ethyl adjacent to an activating group) is 1. The van der Waals surface area contributed by atoms with Gasteiger partial charge in [-0.3, -0.25) is 4.79 Å². The van der Waals surface area contributed by atoms with Gasteiger partial charge < -0.3 is 19.5 Å². The second kappa shape index (κ2) is 10.6. The minimum Gasteiger partial charge on any atom is -0.451 e. The van der Waals surface area contributed by atoms with Gasteiger partial charge in [0, 0.05) is 49.4 Å². The number of piperazine rings is 1. The molecule has 31 heavy (non-hydrogen) atoms. The summed E-state index contributed by atoms with van der Waals surface area (Å²) in [6, 6.07) is 7.82. The number of aryl methyl sites for hydroxylation is 1. The maximum Gasteiger partial charge on any atom is 0.287 e. The molecule has 3 heterocycles. The highest BCUT2D eigenvalue weighted by Crippen LogP contribution is 2.33. The smallest absolute Gasteiger partial charge is 0.287 e. The van der Waals surface area contributed by atoms with Gasteiger partial charge in [-0.05, 0) is 32.5 Å². The fourth-order valence-corrected chi connectivity index (χ4v) is 5.65. The number of nitrogens with one attached hydrogen (secondary N) is 1.